The summed E-state index contributed by atoms with van der Waals surface area (Å²) in [6.45, 7) is 6.14. The van der Waals surface area contributed by atoms with Crippen molar-refractivity contribution in [3.63, 3.8) is 0 Å². The summed E-state index contributed by atoms with van der Waals surface area (Å²) in [6, 6.07) is 19.1. The van der Waals surface area contributed by atoms with Crippen molar-refractivity contribution in [3.05, 3.63) is 94.6 Å². The average Bonchev–Trinajstić information content (AvgIpc) is 3.09. The molecule has 0 bridgehead atoms. The zero-order valence-electron chi connectivity index (χ0n) is 19.7. The van der Waals surface area contributed by atoms with Crippen molar-refractivity contribution in [1.82, 2.24) is 0 Å². The number of hydrogen-bond acceptors (Lipinski definition) is 5. The van der Waals surface area contributed by atoms with E-state index < -0.39 is 17.7 Å². The summed E-state index contributed by atoms with van der Waals surface area (Å²) in [6.07, 6.45) is 0. The van der Waals surface area contributed by atoms with Crippen LogP contribution < -0.4 is 14.4 Å². The van der Waals surface area contributed by atoms with Gasteiger partial charge in [-0.3, -0.25) is 14.5 Å². The highest BCUT2D eigenvalue weighted by atomic mass is 16.5. The Morgan fingerprint density at radius 3 is 2.47 bits per heavy atom. The maximum atomic E-state index is 13.4. The standard InChI is InChI=1S/C28H27NO5/c1-5-34-20-11-8-10-19(16-20)29-25(21-12-7-6-9-18(21)3)24(27(31)28(29)32)26(30)22-15-17(2)13-14-23(22)33-4/h6-16,25,30H,5H2,1-4H3/b26-24+. The quantitative estimate of drug-likeness (QED) is 0.307. The van der Waals surface area contributed by atoms with Crippen LogP contribution in [0, 0.1) is 13.8 Å². The summed E-state index contributed by atoms with van der Waals surface area (Å²) in [5.41, 5.74) is 3.41. The fourth-order valence-corrected chi connectivity index (χ4v) is 4.33. The van der Waals surface area contributed by atoms with Crippen LogP contribution in [-0.4, -0.2) is 30.5 Å². The number of benzene rings is 3. The van der Waals surface area contributed by atoms with Gasteiger partial charge in [-0.1, -0.05) is 42.0 Å². The van der Waals surface area contributed by atoms with Crippen LogP contribution in [0.4, 0.5) is 5.69 Å². The van der Waals surface area contributed by atoms with Gasteiger partial charge in [0.2, 0.25) is 0 Å². The van der Waals surface area contributed by atoms with Crippen LogP contribution in [0.2, 0.25) is 0 Å². The second-order valence-electron chi connectivity index (χ2n) is 8.16. The molecular formula is C28H27NO5. The summed E-state index contributed by atoms with van der Waals surface area (Å²) in [4.78, 5) is 28.2. The molecule has 1 unspecified atom stereocenters. The number of aryl methyl sites for hydroxylation is 2. The van der Waals surface area contributed by atoms with Crippen molar-refractivity contribution in [3.8, 4) is 11.5 Å². The Labute approximate surface area is 199 Å². The van der Waals surface area contributed by atoms with E-state index in [2.05, 4.69) is 0 Å². The maximum absolute atomic E-state index is 13.4. The topological polar surface area (TPSA) is 76.1 Å². The van der Waals surface area contributed by atoms with Gasteiger partial charge < -0.3 is 14.6 Å². The summed E-state index contributed by atoms with van der Waals surface area (Å²) < 4.78 is 11.1. The zero-order valence-corrected chi connectivity index (χ0v) is 19.7. The second-order valence-corrected chi connectivity index (χ2v) is 8.16. The lowest BCUT2D eigenvalue weighted by Crippen LogP contribution is -2.29. The van der Waals surface area contributed by atoms with E-state index in [0.717, 1.165) is 16.7 Å². The molecule has 0 aliphatic carbocycles. The van der Waals surface area contributed by atoms with Crippen molar-refractivity contribution in [2.24, 2.45) is 0 Å². The Kier molecular flexibility index (Phi) is 6.41. The third-order valence-corrected chi connectivity index (χ3v) is 5.94. The van der Waals surface area contributed by atoms with Crippen molar-refractivity contribution in [2.75, 3.05) is 18.6 Å². The van der Waals surface area contributed by atoms with Gasteiger partial charge >= 0.3 is 0 Å². The number of carbonyl (C=O) groups excluding carboxylic acids is 2. The molecule has 3 aromatic rings. The number of aliphatic hydroxyl groups excluding tert-OH is 1. The molecule has 0 spiro atoms. The summed E-state index contributed by atoms with van der Waals surface area (Å²) in [5, 5.41) is 11.4. The lowest BCUT2D eigenvalue weighted by Gasteiger charge is -2.27. The number of ether oxygens (including phenoxy) is 2. The Morgan fingerprint density at radius 1 is 1.00 bits per heavy atom. The smallest absolute Gasteiger partial charge is 0.300 e. The largest absolute Gasteiger partial charge is 0.507 e. The normalized spacial score (nSPS) is 17.2. The van der Waals surface area contributed by atoms with E-state index in [4.69, 9.17) is 9.47 Å². The molecule has 1 saturated heterocycles. The van der Waals surface area contributed by atoms with Crippen LogP contribution in [-0.2, 0) is 9.59 Å². The molecule has 0 aromatic heterocycles. The number of anilines is 1. The van der Waals surface area contributed by atoms with E-state index in [0.29, 0.717) is 29.4 Å². The highest BCUT2D eigenvalue weighted by molar-refractivity contribution is 6.51. The molecule has 1 amide bonds. The van der Waals surface area contributed by atoms with Gasteiger partial charge in [-0.15, -0.1) is 0 Å². The first-order valence-electron chi connectivity index (χ1n) is 11.1. The number of Topliss-reactive ketones (excluding diaryl/α,β-unsaturated/α-hetero) is 1. The van der Waals surface area contributed by atoms with Gasteiger partial charge in [-0.05, 0) is 56.2 Å². The number of aliphatic hydroxyl groups is 1. The molecule has 1 heterocycles. The molecule has 34 heavy (non-hydrogen) atoms. The van der Waals surface area contributed by atoms with E-state index in [1.165, 1.54) is 12.0 Å². The minimum atomic E-state index is -0.816. The van der Waals surface area contributed by atoms with Crippen LogP contribution in [0.3, 0.4) is 0 Å². The van der Waals surface area contributed by atoms with Gasteiger partial charge in [0.15, 0.2) is 0 Å². The molecule has 1 fully saturated rings. The highest BCUT2D eigenvalue weighted by Gasteiger charge is 2.47. The molecule has 0 radical (unpaired) electrons. The van der Waals surface area contributed by atoms with E-state index in [-0.39, 0.29) is 11.3 Å². The predicted octanol–water partition coefficient (Wildman–Crippen LogP) is 5.34. The molecular weight excluding hydrogens is 430 g/mol. The third-order valence-electron chi connectivity index (χ3n) is 5.94. The Hall–Kier alpha value is -4.06. The SMILES string of the molecule is CCOc1cccc(N2C(=O)C(=O)/C(=C(/O)c3cc(C)ccc3OC)C2c2ccccc2C)c1. The second kappa shape index (κ2) is 9.43. The lowest BCUT2D eigenvalue weighted by molar-refractivity contribution is -0.132. The molecule has 1 atom stereocenters. The first kappa shape index (κ1) is 23.1. The fraction of sp³-hybridized carbons (Fsp3) is 0.214. The Balaban J connectivity index is 1.99. The van der Waals surface area contributed by atoms with Gasteiger partial charge in [0.1, 0.15) is 17.3 Å². The van der Waals surface area contributed by atoms with Crippen LogP contribution in [0.1, 0.15) is 35.2 Å². The number of nitrogens with zero attached hydrogens (tertiary/aromatic N) is 1. The van der Waals surface area contributed by atoms with E-state index >= 15 is 0 Å². The Morgan fingerprint density at radius 2 is 1.76 bits per heavy atom. The summed E-state index contributed by atoms with van der Waals surface area (Å²) in [5.74, 6) is -0.733. The van der Waals surface area contributed by atoms with Crippen molar-refractivity contribution in [2.45, 2.75) is 26.8 Å². The number of carbonyl (C=O) groups is 2. The molecule has 6 nitrogen and oxygen atoms in total. The first-order chi connectivity index (χ1) is 16.4. The predicted molar refractivity (Wildman–Crippen MR) is 131 cm³/mol. The molecule has 0 saturated carbocycles. The van der Waals surface area contributed by atoms with Gasteiger partial charge in [0, 0.05) is 11.8 Å². The number of methoxy groups -OCH3 is 1. The van der Waals surface area contributed by atoms with Crippen LogP contribution >= 0.6 is 0 Å². The zero-order chi connectivity index (χ0) is 24.4. The third kappa shape index (κ3) is 4.03. The lowest BCUT2D eigenvalue weighted by atomic mass is 9.92. The van der Waals surface area contributed by atoms with Crippen molar-refractivity contribution < 1.29 is 24.2 Å². The van der Waals surface area contributed by atoms with Crippen LogP contribution in [0.25, 0.3) is 5.76 Å². The molecule has 4 rings (SSSR count). The van der Waals surface area contributed by atoms with E-state index in [1.54, 1.807) is 36.4 Å². The molecule has 3 aromatic carbocycles. The van der Waals surface area contributed by atoms with Crippen molar-refractivity contribution in [1.29, 1.82) is 0 Å². The molecule has 1 aliphatic rings. The molecule has 1 aliphatic heterocycles. The average molecular weight is 458 g/mol. The molecule has 174 valence electrons. The maximum Gasteiger partial charge on any atom is 0.300 e. The molecule has 6 heteroatoms. The number of hydrogen-bond donors (Lipinski definition) is 1. The van der Waals surface area contributed by atoms with Crippen LogP contribution in [0.5, 0.6) is 11.5 Å². The highest BCUT2D eigenvalue weighted by Crippen LogP contribution is 2.44. The van der Waals surface area contributed by atoms with Crippen molar-refractivity contribution >= 4 is 23.1 Å². The summed E-state index contributed by atoms with van der Waals surface area (Å²) in [7, 11) is 1.50. The van der Waals surface area contributed by atoms with Gasteiger partial charge in [0.25, 0.3) is 11.7 Å². The fourth-order valence-electron chi connectivity index (χ4n) is 4.33. The monoisotopic (exact) mass is 457 g/mol. The van der Waals surface area contributed by atoms with Crippen LogP contribution in [0.15, 0.2) is 72.3 Å². The number of amides is 1. The minimum absolute atomic E-state index is 0.0185. The summed E-state index contributed by atoms with van der Waals surface area (Å²) >= 11 is 0. The van der Waals surface area contributed by atoms with Gasteiger partial charge in [-0.2, -0.15) is 0 Å². The first-order valence-corrected chi connectivity index (χ1v) is 11.1. The molecule has 1 N–H and O–H groups in total. The number of rotatable bonds is 6. The van der Waals surface area contributed by atoms with E-state index in [9.17, 15) is 14.7 Å². The number of ketones is 1. The van der Waals surface area contributed by atoms with Gasteiger partial charge in [-0.25, -0.2) is 0 Å². The van der Waals surface area contributed by atoms with Gasteiger partial charge in [0.05, 0.1) is 30.9 Å². The van der Waals surface area contributed by atoms with E-state index in [1.807, 2.05) is 51.1 Å². The minimum Gasteiger partial charge on any atom is -0.507 e. The Bertz CT molecular complexity index is 1290.